The van der Waals surface area contributed by atoms with E-state index in [9.17, 15) is 13.2 Å². The molecule has 9 heteroatoms. The van der Waals surface area contributed by atoms with E-state index >= 15 is 0 Å². The van der Waals surface area contributed by atoms with Crippen LogP contribution >= 0.6 is 0 Å². The van der Waals surface area contributed by atoms with Crippen LogP contribution in [0, 0.1) is 31.6 Å². The number of benzene rings is 1. The molecule has 0 aromatic heterocycles. The molecule has 1 aliphatic carbocycles. The van der Waals surface area contributed by atoms with Crippen molar-refractivity contribution in [3.05, 3.63) is 23.3 Å². The summed E-state index contributed by atoms with van der Waals surface area (Å²) < 4.78 is 38.4. The highest BCUT2D eigenvalue weighted by Crippen LogP contribution is 2.35. The van der Waals surface area contributed by atoms with E-state index in [2.05, 4.69) is 25.9 Å². The van der Waals surface area contributed by atoms with E-state index in [0.29, 0.717) is 22.8 Å². The molecule has 0 N–H and O–H groups in total. The van der Waals surface area contributed by atoms with Crippen molar-refractivity contribution in [2.24, 2.45) is 17.8 Å². The zero-order chi connectivity index (χ0) is 28.5. The standard InChI is InChI=1S/C29H51N3O5S/c1-22(10-9-15-30(4)5)26-13-11-25(12-14-26)20-31(6)28(33)21-37-17-16-32(7)38(34,35)29-23(2)18-27(36-8)19-24(29)3/h18-19,22,25-26H,9-17,20-21H2,1-8H3. The second-order valence-corrected chi connectivity index (χ2v) is 13.4. The molecule has 0 bridgehead atoms. The van der Waals surface area contributed by atoms with Crippen LogP contribution < -0.4 is 4.74 Å². The Morgan fingerprint density at radius 3 is 2.18 bits per heavy atom. The first kappa shape index (κ1) is 32.5. The number of ether oxygens (including phenoxy) is 2. The molecule has 1 amide bonds. The van der Waals surface area contributed by atoms with E-state index in [1.165, 1.54) is 49.9 Å². The third kappa shape index (κ3) is 9.50. The number of amides is 1. The maximum atomic E-state index is 13.1. The van der Waals surface area contributed by atoms with Gasteiger partial charge in [0.25, 0.3) is 0 Å². The summed E-state index contributed by atoms with van der Waals surface area (Å²) in [6, 6.07) is 3.44. The average Bonchev–Trinajstić information content (AvgIpc) is 2.85. The number of hydrogen-bond donors (Lipinski definition) is 0. The number of carbonyl (C=O) groups excluding carboxylic acids is 1. The van der Waals surface area contributed by atoms with Gasteiger partial charge in [0.1, 0.15) is 12.4 Å². The Morgan fingerprint density at radius 2 is 1.63 bits per heavy atom. The highest BCUT2D eigenvalue weighted by atomic mass is 32.2. The monoisotopic (exact) mass is 553 g/mol. The van der Waals surface area contributed by atoms with Crippen molar-refractivity contribution >= 4 is 15.9 Å². The first-order chi connectivity index (χ1) is 17.9. The summed E-state index contributed by atoms with van der Waals surface area (Å²) in [5, 5.41) is 0. The number of likely N-dealkylation sites (N-methyl/N-ethyl adjacent to an activating group) is 2. The molecule has 1 unspecified atom stereocenters. The maximum absolute atomic E-state index is 13.1. The molecule has 0 aliphatic heterocycles. The lowest BCUT2D eigenvalue weighted by Gasteiger charge is -2.34. The molecule has 2 rings (SSSR count). The maximum Gasteiger partial charge on any atom is 0.248 e. The molecule has 8 nitrogen and oxygen atoms in total. The van der Waals surface area contributed by atoms with Gasteiger partial charge in [0.15, 0.2) is 0 Å². The smallest absolute Gasteiger partial charge is 0.248 e. The molecule has 1 atom stereocenters. The predicted octanol–water partition coefficient (Wildman–Crippen LogP) is 4.19. The number of hydrogen-bond acceptors (Lipinski definition) is 6. The zero-order valence-corrected chi connectivity index (χ0v) is 25.8. The topological polar surface area (TPSA) is 79.4 Å². The summed E-state index contributed by atoms with van der Waals surface area (Å²) >= 11 is 0. The van der Waals surface area contributed by atoms with Crippen molar-refractivity contribution in [3.8, 4) is 5.75 Å². The Kier molecular flexibility index (Phi) is 13.0. The van der Waals surface area contributed by atoms with Gasteiger partial charge in [-0.15, -0.1) is 0 Å². The highest BCUT2D eigenvalue weighted by Gasteiger charge is 2.27. The van der Waals surface area contributed by atoms with Gasteiger partial charge in [0, 0.05) is 27.2 Å². The number of nitrogens with zero attached hydrogens (tertiary/aromatic N) is 3. The predicted molar refractivity (Wildman–Crippen MR) is 153 cm³/mol. The molecule has 1 fully saturated rings. The van der Waals surface area contributed by atoms with Gasteiger partial charge >= 0.3 is 0 Å². The Hall–Kier alpha value is -1.68. The second kappa shape index (κ2) is 15.2. The number of sulfonamides is 1. The van der Waals surface area contributed by atoms with Gasteiger partial charge in [0.2, 0.25) is 15.9 Å². The fourth-order valence-electron chi connectivity index (χ4n) is 5.57. The van der Waals surface area contributed by atoms with E-state index in [1.54, 1.807) is 38.0 Å². The molecule has 38 heavy (non-hydrogen) atoms. The summed E-state index contributed by atoms with van der Waals surface area (Å²) in [7, 11) is 5.52. The van der Waals surface area contributed by atoms with Crippen LogP contribution in [-0.2, 0) is 19.6 Å². The van der Waals surface area contributed by atoms with Crippen molar-refractivity contribution in [1.82, 2.24) is 14.1 Å². The van der Waals surface area contributed by atoms with Gasteiger partial charge in [0.05, 0.1) is 18.6 Å². The molecule has 1 saturated carbocycles. The molecular formula is C29H51N3O5S. The van der Waals surface area contributed by atoms with E-state index in [1.807, 2.05) is 7.05 Å². The molecule has 1 aromatic rings. The van der Waals surface area contributed by atoms with Crippen molar-refractivity contribution in [2.45, 2.75) is 64.2 Å². The molecule has 1 aromatic carbocycles. The van der Waals surface area contributed by atoms with Crippen LogP contribution in [0.5, 0.6) is 5.75 Å². The van der Waals surface area contributed by atoms with E-state index < -0.39 is 10.0 Å². The number of rotatable bonds is 15. The summed E-state index contributed by atoms with van der Waals surface area (Å²) in [5.74, 6) is 2.68. The number of aryl methyl sites for hydroxylation is 2. The first-order valence-electron chi connectivity index (χ1n) is 13.9. The number of methoxy groups -OCH3 is 1. The molecular weight excluding hydrogens is 502 g/mol. The number of carbonyl (C=O) groups is 1. The molecule has 1 aliphatic rings. The third-order valence-corrected chi connectivity index (χ3v) is 10.2. The van der Waals surface area contributed by atoms with E-state index in [0.717, 1.165) is 24.9 Å². The third-order valence-electron chi connectivity index (χ3n) is 8.03. The summed E-state index contributed by atoms with van der Waals surface area (Å²) in [6.07, 6.45) is 7.40. The SMILES string of the molecule is COc1cc(C)c(S(=O)(=O)N(C)CCOCC(=O)N(C)CC2CCC(C(C)CCCN(C)C)CC2)c(C)c1. The zero-order valence-electron chi connectivity index (χ0n) is 25.0. The van der Waals surface area contributed by atoms with Crippen LogP contribution in [0.2, 0.25) is 0 Å². The van der Waals surface area contributed by atoms with Crippen molar-refractivity contribution in [1.29, 1.82) is 0 Å². The van der Waals surface area contributed by atoms with E-state index in [4.69, 9.17) is 9.47 Å². The van der Waals surface area contributed by atoms with E-state index in [-0.39, 0.29) is 30.6 Å². The van der Waals surface area contributed by atoms with Crippen molar-refractivity contribution in [3.63, 3.8) is 0 Å². The van der Waals surface area contributed by atoms with Crippen molar-refractivity contribution < 1.29 is 22.7 Å². The Balaban J connectivity index is 1.72. The molecule has 218 valence electrons. The summed E-state index contributed by atoms with van der Waals surface area (Å²) in [6.45, 7) is 8.12. The minimum Gasteiger partial charge on any atom is -0.497 e. The van der Waals surface area contributed by atoms with Crippen LogP contribution in [0.1, 0.15) is 56.6 Å². The van der Waals surface area contributed by atoms with Crippen LogP contribution in [0.3, 0.4) is 0 Å². The minimum absolute atomic E-state index is 0.0385. The van der Waals surface area contributed by atoms with Gasteiger partial charge in [-0.05, 0) is 114 Å². The molecule has 0 saturated heterocycles. The Morgan fingerprint density at radius 1 is 1.03 bits per heavy atom. The largest absolute Gasteiger partial charge is 0.497 e. The Labute approximate surface area is 231 Å². The van der Waals surface area contributed by atoms with Gasteiger partial charge in [-0.3, -0.25) is 4.79 Å². The second-order valence-electron chi connectivity index (χ2n) is 11.4. The molecule has 0 heterocycles. The van der Waals surface area contributed by atoms with Gasteiger partial charge in [-0.25, -0.2) is 8.42 Å². The highest BCUT2D eigenvalue weighted by molar-refractivity contribution is 7.89. The van der Waals surface area contributed by atoms with Crippen LogP contribution in [0.4, 0.5) is 0 Å². The van der Waals surface area contributed by atoms with Crippen molar-refractivity contribution in [2.75, 3.05) is 68.1 Å². The van der Waals surface area contributed by atoms with Gasteiger partial charge in [-0.1, -0.05) is 6.92 Å². The van der Waals surface area contributed by atoms with Crippen LogP contribution in [-0.4, -0.2) is 96.6 Å². The fourth-order valence-corrected chi connectivity index (χ4v) is 7.13. The summed E-state index contributed by atoms with van der Waals surface area (Å²) in [4.78, 5) is 16.9. The lowest BCUT2D eigenvalue weighted by atomic mass is 9.75. The minimum atomic E-state index is -3.68. The molecule has 0 radical (unpaired) electrons. The molecule has 0 spiro atoms. The Bertz CT molecular complexity index is 967. The van der Waals surface area contributed by atoms with Gasteiger partial charge in [-0.2, -0.15) is 4.31 Å². The van der Waals surface area contributed by atoms with Crippen LogP contribution in [0.15, 0.2) is 17.0 Å². The van der Waals surface area contributed by atoms with Gasteiger partial charge < -0.3 is 19.3 Å². The quantitative estimate of drug-likeness (QED) is 0.303. The lowest BCUT2D eigenvalue weighted by molar-refractivity contribution is -0.135. The van der Waals surface area contributed by atoms with Crippen LogP contribution in [0.25, 0.3) is 0 Å². The first-order valence-corrected chi connectivity index (χ1v) is 15.4. The fraction of sp³-hybridized carbons (Fsp3) is 0.759. The average molecular weight is 554 g/mol. The summed E-state index contributed by atoms with van der Waals surface area (Å²) in [5.41, 5.74) is 1.28. The normalized spacial score (nSPS) is 19.1. The lowest BCUT2D eigenvalue weighted by Crippen LogP contribution is -2.37.